The first-order valence-corrected chi connectivity index (χ1v) is 33.9. The molecule has 0 fully saturated rings. The zero-order valence-corrected chi connectivity index (χ0v) is 48.2. The molecule has 1 aliphatic rings. The topological polar surface area (TPSA) is 32.5 Å². The fraction of sp³-hybridized carbons (Fsp3) is 0.232. The van der Waals surface area contributed by atoms with Crippen LogP contribution in [0.1, 0.15) is 85.2 Å². The molecule has 0 saturated carbocycles. The molecule has 6 heteroatoms. The van der Waals surface area contributed by atoms with Crippen LogP contribution in [0.2, 0.25) is 39.3 Å². The molecule has 0 aliphatic heterocycles. The quantitative estimate of drug-likeness (QED) is 0.121. The van der Waals surface area contributed by atoms with Crippen molar-refractivity contribution in [1.29, 1.82) is 0 Å². The van der Waals surface area contributed by atoms with Crippen molar-refractivity contribution in [2.45, 2.75) is 104 Å². The minimum atomic E-state index is -1.61. The number of anilines is 6. The minimum absolute atomic E-state index is 0.0156. The molecule has 0 N–H and O–H groups in total. The van der Waals surface area contributed by atoms with Crippen LogP contribution in [0.25, 0.3) is 33.1 Å². The Labute approximate surface area is 447 Å². The number of nitrogens with zero attached hydrogens (tertiary/aromatic N) is 3. The second kappa shape index (κ2) is 18.5. The standard InChI is InChI=1S/C69H71N3OSi2/c1-45(2)48-21-27-53(28-22-48)72(54-33-38-57(39-34-54)75(11,12)13)62-43-61-65(67-66(62)59-16-14-15-17-63(59)73-67)58-40-35-55(42-60(58)69(61,50-23-18-46(3)19-24-50)64-41-20-47(4)44-70-64)71(51-29-25-49(26-30-51)68(5,6)7)52-31-36-56(37-32-52)74(8,9)10/h14-45H,1-13H3. The third kappa shape index (κ3) is 8.76. The van der Waals surface area contributed by atoms with Crippen molar-refractivity contribution in [2.75, 3.05) is 9.80 Å². The maximum Gasteiger partial charge on any atom is 0.145 e. The van der Waals surface area contributed by atoms with E-state index in [4.69, 9.17) is 9.40 Å². The predicted octanol–water partition coefficient (Wildman–Crippen LogP) is 18.4. The molecule has 0 bridgehead atoms. The minimum Gasteiger partial charge on any atom is -0.455 e. The number of hydrogen-bond acceptors (Lipinski definition) is 4. The van der Waals surface area contributed by atoms with Gasteiger partial charge in [-0.15, -0.1) is 0 Å². The van der Waals surface area contributed by atoms with E-state index in [0.29, 0.717) is 5.92 Å². The van der Waals surface area contributed by atoms with Crippen LogP contribution in [-0.2, 0) is 10.8 Å². The molecule has 0 amide bonds. The molecule has 75 heavy (non-hydrogen) atoms. The molecule has 0 radical (unpaired) electrons. The summed E-state index contributed by atoms with van der Waals surface area (Å²) in [5.74, 6) is 0.400. The lowest BCUT2D eigenvalue weighted by atomic mass is 9.69. The highest BCUT2D eigenvalue weighted by Gasteiger charge is 2.50. The van der Waals surface area contributed by atoms with Crippen molar-refractivity contribution in [3.63, 3.8) is 0 Å². The molecule has 2 heterocycles. The monoisotopic (exact) mass is 1010 g/mol. The summed E-state index contributed by atoms with van der Waals surface area (Å²) in [6, 6.07) is 69.1. The van der Waals surface area contributed by atoms with E-state index in [1.807, 2.05) is 6.20 Å². The number of hydrogen-bond donors (Lipinski definition) is 0. The number of fused-ring (bicyclic) bond motifs is 7. The van der Waals surface area contributed by atoms with Crippen LogP contribution in [0.4, 0.5) is 34.1 Å². The fourth-order valence-corrected chi connectivity index (χ4v) is 13.7. The predicted molar refractivity (Wildman–Crippen MR) is 326 cm³/mol. The van der Waals surface area contributed by atoms with Crippen molar-refractivity contribution in [3.8, 4) is 11.1 Å². The van der Waals surface area contributed by atoms with Gasteiger partial charge in [0.05, 0.1) is 38.3 Å². The van der Waals surface area contributed by atoms with Gasteiger partial charge >= 0.3 is 0 Å². The van der Waals surface area contributed by atoms with Gasteiger partial charge in [0, 0.05) is 45.6 Å². The van der Waals surface area contributed by atoms with Crippen LogP contribution >= 0.6 is 0 Å². The van der Waals surface area contributed by atoms with Crippen LogP contribution in [0.5, 0.6) is 0 Å². The first-order chi connectivity index (χ1) is 35.7. The summed E-state index contributed by atoms with van der Waals surface area (Å²) >= 11 is 0. The summed E-state index contributed by atoms with van der Waals surface area (Å²) in [5.41, 5.74) is 19.0. The number of para-hydroxylation sites is 1. The summed E-state index contributed by atoms with van der Waals surface area (Å²) in [4.78, 5) is 10.4. The Morgan fingerprint density at radius 2 is 1.07 bits per heavy atom. The Hall–Kier alpha value is -7.26. The van der Waals surface area contributed by atoms with Crippen molar-refractivity contribution < 1.29 is 4.42 Å². The van der Waals surface area contributed by atoms with Crippen molar-refractivity contribution in [3.05, 3.63) is 233 Å². The van der Waals surface area contributed by atoms with E-state index in [9.17, 15) is 0 Å². The average Bonchev–Trinajstić information content (AvgIpc) is 4.01. The number of aryl methyl sites for hydroxylation is 2. The third-order valence-electron chi connectivity index (χ3n) is 15.8. The van der Waals surface area contributed by atoms with Gasteiger partial charge in [-0.2, -0.15) is 0 Å². The number of aromatic nitrogens is 1. The van der Waals surface area contributed by atoms with Crippen LogP contribution in [0, 0.1) is 13.8 Å². The van der Waals surface area contributed by atoms with E-state index in [-0.39, 0.29) is 5.41 Å². The summed E-state index contributed by atoms with van der Waals surface area (Å²) in [6.45, 7) is 30.2. The largest absolute Gasteiger partial charge is 0.455 e. The maximum atomic E-state index is 7.38. The second-order valence-corrected chi connectivity index (χ2v) is 34.6. The van der Waals surface area contributed by atoms with Gasteiger partial charge in [0.15, 0.2) is 0 Å². The molecule has 2 aromatic heterocycles. The van der Waals surface area contributed by atoms with Gasteiger partial charge < -0.3 is 14.2 Å². The average molecular weight is 1010 g/mol. The molecule has 0 spiro atoms. The summed E-state index contributed by atoms with van der Waals surface area (Å²) in [7, 11) is -3.19. The van der Waals surface area contributed by atoms with Crippen LogP contribution in [0.3, 0.4) is 0 Å². The zero-order chi connectivity index (χ0) is 52.8. The Morgan fingerprint density at radius 3 is 1.61 bits per heavy atom. The van der Waals surface area contributed by atoms with Gasteiger partial charge in [-0.25, -0.2) is 0 Å². The summed E-state index contributed by atoms with van der Waals surface area (Å²) < 4.78 is 7.38. The van der Waals surface area contributed by atoms with Crippen LogP contribution in [0.15, 0.2) is 193 Å². The van der Waals surface area contributed by atoms with E-state index in [2.05, 4.69) is 280 Å². The summed E-state index contributed by atoms with van der Waals surface area (Å²) in [5, 5.41) is 5.03. The van der Waals surface area contributed by atoms with Gasteiger partial charge in [0.25, 0.3) is 0 Å². The molecule has 4 nitrogen and oxygen atoms in total. The Morgan fingerprint density at radius 1 is 0.533 bits per heavy atom. The molecule has 0 saturated heterocycles. The summed E-state index contributed by atoms with van der Waals surface area (Å²) in [6.07, 6.45) is 2.04. The van der Waals surface area contributed by atoms with E-state index in [1.165, 1.54) is 27.1 Å². The number of furan rings is 1. The number of benzene rings is 8. The smallest absolute Gasteiger partial charge is 0.145 e. The highest BCUT2D eigenvalue weighted by molar-refractivity contribution is 6.89. The van der Waals surface area contributed by atoms with Gasteiger partial charge in [-0.05, 0) is 143 Å². The molecule has 1 unspecified atom stereocenters. The lowest BCUT2D eigenvalue weighted by Crippen LogP contribution is -2.37. The molecule has 376 valence electrons. The maximum absolute atomic E-state index is 7.38. The Bertz CT molecular complexity index is 3620. The fourth-order valence-electron chi connectivity index (χ4n) is 11.4. The Kier molecular flexibility index (Phi) is 12.3. The van der Waals surface area contributed by atoms with Gasteiger partial charge in [0.1, 0.15) is 11.2 Å². The van der Waals surface area contributed by atoms with Crippen molar-refractivity contribution in [1.82, 2.24) is 4.98 Å². The lowest BCUT2D eigenvalue weighted by Gasteiger charge is -2.35. The molecule has 10 aromatic rings. The van der Waals surface area contributed by atoms with Gasteiger partial charge in [0.2, 0.25) is 0 Å². The van der Waals surface area contributed by atoms with E-state index in [0.717, 1.165) is 95.1 Å². The van der Waals surface area contributed by atoms with Gasteiger partial charge in [-0.1, -0.05) is 193 Å². The second-order valence-electron chi connectivity index (χ2n) is 24.5. The van der Waals surface area contributed by atoms with Crippen molar-refractivity contribution in [2.24, 2.45) is 0 Å². The highest BCUT2D eigenvalue weighted by Crippen LogP contribution is 2.61. The van der Waals surface area contributed by atoms with E-state index < -0.39 is 21.6 Å². The molecular weight excluding hydrogens is 943 g/mol. The molecular formula is C69H71N3OSi2. The third-order valence-corrected chi connectivity index (χ3v) is 19.9. The van der Waals surface area contributed by atoms with Crippen LogP contribution in [-0.4, -0.2) is 21.1 Å². The molecule has 11 rings (SSSR count). The van der Waals surface area contributed by atoms with Gasteiger partial charge in [-0.3, -0.25) is 4.98 Å². The highest BCUT2D eigenvalue weighted by atomic mass is 28.3. The molecule has 1 aliphatic carbocycles. The lowest BCUT2D eigenvalue weighted by molar-refractivity contribution is 0.590. The first kappa shape index (κ1) is 49.9. The molecule has 1 atom stereocenters. The Balaban J connectivity index is 1.26. The normalized spacial score (nSPS) is 14.6. The number of rotatable bonds is 11. The van der Waals surface area contributed by atoms with Crippen LogP contribution < -0.4 is 20.2 Å². The first-order valence-electron chi connectivity index (χ1n) is 26.9. The SMILES string of the molecule is Cc1ccc(C2(c3ccc(C)cn3)c3cc(N(c4ccc(C(C)(C)C)cc4)c4ccc([Si](C)(C)C)cc4)ccc3-c3c2cc(N(c2ccc(C(C)C)cc2)c2ccc([Si](C)(C)C)cc2)c2c3oc3ccccc32)cc1. The number of pyridine rings is 1. The zero-order valence-electron chi connectivity index (χ0n) is 46.2. The molecule has 8 aromatic carbocycles. The van der Waals surface area contributed by atoms with E-state index >= 15 is 0 Å². The van der Waals surface area contributed by atoms with Crippen molar-refractivity contribution >= 4 is 82.6 Å². The van der Waals surface area contributed by atoms with E-state index in [1.54, 1.807) is 0 Å².